The third-order valence-electron chi connectivity index (χ3n) is 6.73. The number of ketones is 1. The Labute approximate surface area is 136 Å². The fourth-order valence-electron chi connectivity index (χ4n) is 5.21. The minimum absolute atomic E-state index is 0.205. The van der Waals surface area contributed by atoms with Crippen molar-refractivity contribution >= 4 is 5.78 Å². The maximum Gasteiger partial charge on any atom is 0.189 e. The monoisotopic (exact) mass is 307 g/mol. The number of carbonyl (C=O) groups is 1. The van der Waals surface area contributed by atoms with Crippen molar-refractivity contribution in [1.82, 2.24) is 0 Å². The first-order valence-corrected chi connectivity index (χ1v) is 9.87. The van der Waals surface area contributed by atoms with Gasteiger partial charge in [-0.1, -0.05) is 32.1 Å². The number of hydrogen-bond donors (Lipinski definition) is 2. The zero-order valence-corrected chi connectivity index (χ0v) is 14.2. The van der Waals surface area contributed by atoms with Gasteiger partial charge < -0.3 is 4.90 Å². The Morgan fingerprint density at radius 1 is 0.818 bits per heavy atom. The van der Waals surface area contributed by atoms with Gasteiger partial charge >= 0.3 is 0 Å². The summed E-state index contributed by atoms with van der Waals surface area (Å²) in [5, 5.41) is 0. The van der Waals surface area contributed by atoms with E-state index in [0.29, 0.717) is 18.2 Å². The lowest BCUT2D eigenvalue weighted by Gasteiger charge is -2.36. The number of hydrogen-bond acceptors (Lipinski definition) is 2. The number of quaternary nitrogens is 1. The number of rotatable bonds is 4. The number of nitrogens with one attached hydrogen (secondary N) is 1. The maximum absolute atomic E-state index is 12.6. The molecule has 1 saturated heterocycles. The number of piperidine rings is 1. The quantitative estimate of drug-likeness (QED) is 0.837. The van der Waals surface area contributed by atoms with Crippen LogP contribution in [0.5, 0.6) is 0 Å². The van der Waals surface area contributed by atoms with Gasteiger partial charge in [0.1, 0.15) is 12.7 Å². The van der Waals surface area contributed by atoms with E-state index < -0.39 is 0 Å². The molecule has 1 aliphatic heterocycles. The van der Waals surface area contributed by atoms with Crippen molar-refractivity contribution in [3.05, 3.63) is 0 Å². The van der Waals surface area contributed by atoms with Gasteiger partial charge in [-0.15, -0.1) is 0 Å². The maximum atomic E-state index is 12.6. The molecular formula is C19H35N2O+. The van der Waals surface area contributed by atoms with Gasteiger partial charge in [0.15, 0.2) is 5.78 Å². The van der Waals surface area contributed by atoms with Gasteiger partial charge in [-0.2, -0.15) is 0 Å². The Kier molecular flexibility index (Phi) is 5.92. The molecule has 2 saturated carbocycles. The molecule has 3 nitrogen and oxygen atoms in total. The van der Waals surface area contributed by atoms with Gasteiger partial charge in [-0.3, -0.25) is 10.5 Å². The predicted molar refractivity (Wildman–Crippen MR) is 89.6 cm³/mol. The highest BCUT2D eigenvalue weighted by Crippen LogP contribution is 2.39. The van der Waals surface area contributed by atoms with E-state index in [9.17, 15) is 4.79 Å². The lowest BCUT2D eigenvalue weighted by molar-refractivity contribution is -0.922. The summed E-state index contributed by atoms with van der Waals surface area (Å²) < 4.78 is 0. The standard InChI is InChI=1S/C19H34N2O/c20-19-8-4-5-13-21(19)14-18(22)17-11-9-16(10-12-17)15-6-2-1-3-7-15/h15-17,19H,1-14,20H2/p+1. The molecule has 0 bridgehead atoms. The van der Waals surface area contributed by atoms with Crippen LogP contribution in [0.3, 0.4) is 0 Å². The number of nitrogens with two attached hydrogens (primary N) is 1. The largest absolute Gasteiger partial charge is 0.314 e. The van der Waals surface area contributed by atoms with Crippen molar-refractivity contribution in [2.45, 2.75) is 83.2 Å². The van der Waals surface area contributed by atoms with E-state index in [1.807, 2.05) is 0 Å². The summed E-state index contributed by atoms with van der Waals surface area (Å²) in [5.74, 6) is 2.76. The van der Waals surface area contributed by atoms with Crippen LogP contribution in [-0.2, 0) is 4.79 Å². The summed E-state index contributed by atoms with van der Waals surface area (Å²) in [6.45, 7) is 1.80. The molecule has 2 aliphatic carbocycles. The average molecular weight is 308 g/mol. The fraction of sp³-hybridized carbons (Fsp3) is 0.947. The SMILES string of the molecule is NC1CCCC[NH+]1CC(=O)C1CCC(C2CCCCC2)CC1. The van der Waals surface area contributed by atoms with Gasteiger partial charge in [0.05, 0.1) is 6.54 Å². The fourth-order valence-corrected chi connectivity index (χ4v) is 5.21. The molecule has 0 spiro atoms. The van der Waals surface area contributed by atoms with Crippen molar-refractivity contribution in [2.24, 2.45) is 23.5 Å². The van der Waals surface area contributed by atoms with E-state index in [1.165, 1.54) is 62.7 Å². The third kappa shape index (κ3) is 4.11. The first-order chi connectivity index (χ1) is 10.7. The second kappa shape index (κ2) is 7.92. The van der Waals surface area contributed by atoms with Gasteiger partial charge in [-0.05, 0) is 50.4 Å². The average Bonchev–Trinajstić information content (AvgIpc) is 2.58. The van der Waals surface area contributed by atoms with Crippen LogP contribution in [0.1, 0.15) is 77.0 Å². The molecule has 3 aliphatic rings. The summed E-state index contributed by atoms with van der Waals surface area (Å²) in [7, 11) is 0. The Bertz CT molecular complexity index is 356. The zero-order chi connectivity index (χ0) is 15.4. The molecule has 3 rings (SSSR count). The van der Waals surface area contributed by atoms with Gasteiger partial charge in [0, 0.05) is 12.3 Å². The Hall–Kier alpha value is -0.410. The van der Waals surface area contributed by atoms with Crippen LogP contribution in [0, 0.1) is 17.8 Å². The highest BCUT2D eigenvalue weighted by Gasteiger charge is 2.33. The molecule has 0 aromatic carbocycles. The summed E-state index contributed by atoms with van der Waals surface area (Å²) in [4.78, 5) is 14.0. The molecule has 3 heteroatoms. The van der Waals surface area contributed by atoms with E-state index in [-0.39, 0.29) is 6.17 Å². The molecule has 0 radical (unpaired) electrons. The van der Waals surface area contributed by atoms with E-state index in [0.717, 1.165) is 37.6 Å². The lowest BCUT2D eigenvalue weighted by Crippen LogP contribution is -3.19. The van der Waals surface area contributed by atoms with Crippen LogP contribution in [0.2, 0.25) is 0 Å². The van der Waals surface area contributed by atoms with Gasteiger partial charge in [0.25, 0.3) is 0 Å². The van der Waals surface area contributed by atoms with Crippen molar-refractivity contribution in [2.75, 3.05) is 13.1 Å². The van der Waals surface area contributed by atoms with Crippen LogP contribution in [-0.4, -0.2) is 25.0 Å². The number of Topliss-reactive ketones (excluding diaryl/α,β-unsaturated/α-hetero) is 1. The Morgan fingerprint density at radius 3 is 2.14 bits per heavy atom. The molecule has 1 heterocycles. The van der Waals surface area contributed by atoms with Crippen LogP contribution < -0.4 is 10.6 Å². The zero-order valence-electron chi connectivity index (χ0n) is 14.2. The molecule has 0 aromatic rings. The number of likely N-dealkylation sites (tertiary alicyclic amines) is 1. The molecule has 2 unspecified atom stereocenters. The molecular weight excluding hydrogens is 272 g/mol. The normalized spacial score (nSPS) is 37.9. The summed E-state index contributed by atoms with van der Waals surface area (Å²) in [6, 6.07) is 0. The van der Waals surface area contributed by atoms with Crippen LogP contribution in [0.4, 0.5) is 0 Å². The summed E-state index contributed by atoms with van der Waals surface area (Å²) in [6.07, 6.45) is 16.0. The van der Waals surface area contributed by atoms with E-state index in [1.54, 1.807) is 0 Å². The first-order valence-electron chi connectivity index (χ1n) is 9.87. The van der Waals surface area contributed by atoms with Crippen molar-refractivity contribution in [1.29, 1.82) is 0 Å². The molecule has 0 amide bonds. The van der Waals surface area contributed by atoms with E-state index in [4.69, 9.17) is 5.73 Å². The predicted octanol–water partition coefficient (Wildman–Crippen LogP) is 2.30. The van der Waals surface area contributed by atoms with Crippen LogP contribution in [0.25, 0.3) is 0 Å². The van der Waals surface area contributed by atoms with E-state index >= 15 is 0 Å². The topological polar surface area (TPSA) is 47.5 Å². The smallest absolute Gasteiger partial charge is 0.189 e. The Balaban J connectivity index is 1.43. The van der Waals surface area contributed by atoms with Crippen LogP contribution >= 0.6 is 0 Å². The first kappa shape index (κ1) is 16.4. The summed E-state index contributed by atoms with van der Waals surface area (Å²) in [5.41, 5.74) is 6.19. The molecule has 22 heavy (non-hydrogen) atoms. The van der Waals surface area contributed by atoms with Crippen molar-refractivity contribution in [3.63, 3.8) is 0 Å². The highest BCUT2D eigenvalue weighted by atomic mass is 16.1. The Morgan fingerprint density at radius 2 is 1.45 bits per heavy atom. The molecule has 3 N–H and O–H groups in total. The second-order valence-electron chi connectivity index (χ2n) is 8.16. The second-order valence-corrected chi connectivity index (χ2v) is 8.16. The number of carbonyl (C=O) groups excluding carboxylic acids is 1. The van der Waals surface area contributed by atoms with Gasteiger partial charge in [0.2, 0.25) is 0 Å². The van der Waals surface area contributed by atoms with Gasteiger partial charge in [-0.25, -0.2) is 0 Å². The van der Waals surface area contributed by atoms with E-state index in [2.05, 4.69) is 0 Å². The third-order valence-corrected chi connectivity index (χ3v) is 6.73. The van der Waals surface area contributed by atoms with Crippen molar-refractivity contribution in [3.8, 4) is 0 Å². The minimum atomic E-state index is 0.205. The molecule has 126 valence electrons. The lowest BCUT2D eigenvalue weighted by atomic mass is 9.70. The molecule has 2 atom stereocenters. The summed E-state index contributed by atoms with van der Waals surface area (Å²) >= 11 is 0. The molecule has 3 fully saturated rings. The molecule has 0 aromatic heterocycles. The van der Waals surface area contributed by atoms with Crippen LogP contribution in [0.15, 0.2) is 0 Å². The van der Waals surface area contributed by atoms with Crippen molar-refractivity contribution < 1.29 is 9.69 Å². The highest BCUT2D eigenvalue weighted by molar-refractivity contribution is 5.82. The minimum Gasteiger partial charge on any atom is -0.314 e.